The SMILES string of the molecule is COCCN1C(=O)C(=O)C(=C(O)c2cc(C)ccc2C)C1c1ccc(C(C)C)cc1. The lowest BCUT2D eigenvalue weighted by Gasteiger charge is -2.25. The normalized spacial score (nSPS) is 18.5. The number of carbonyl (C=O) groups is 2. The van der Waals surface area contributed by atoms with Gasteiger partial charge in [0.05, 0.1) is 18.2 Å². The number of aryl methyl sites for hydroxylation is 2. The minimum atomic E-state index is -0.664. The number of ether oxygens (including phenoxy) is 1. The first kappa shape index (κ1) is 21.8. The van der Waals surface area contributed by atoms with Crippen LogP contribution >= 0.6 is 0 Å². The van der Waals surface area contributed by atoms with E-state index in [0.717, 1.165) is 16.7 Å². The van der Waals surface area contributed by atoms with Gasteiger partial charge in [-0.3, -0.25) is 9.59 Å². The molecule has 5 heteroatoms. The Balaban J connectivity index is 2.18. The summed E-state index contributed by atoms with van der Waals surface area (Å²) in [6, 6.07) is 12.9. The lowest BCUT2D eigenvalue weighted by Crippen LogP contribution is -2.32. The van der Waals surface area contributed by atoms with Gasteiger partial charge in [0, 0.05) is 19.2 Å². The Morgan fingerprint density at radius 3 is 2.37 bits per heavy atom. The van der Waals surface area contributed by atoms with Gasteiger partial charge in [-0.25, -0.2) is 0 Å². The van der Waals surface area contributed by atoms with Crippen LogP contribution in [0, 0.1) is 13.8 Å². The largest absolute Gasteiger partial charge is 0.507 e. The number of benzene rings is 2. The molecular weight excluding hydrogens is 378 g/mol. The molecule has 1 unspecified atom stereocenters. The molecule has 1 saturated heterocycles. The Morgan fingerprint density at radius 1 is 1.10 bits per heavy atom. The molecule has 0 radical (unpaired) electrons. The monoisotopic (exact) mass is 407 g/mol. The van der Waals surface area contributed by atoms with Gasteiger partial charge in [-0.2, -0.15) is 0 Å². The molecule has 2 aromatic carbocycles. The van der Waals surface area contributed by atoms with E-state index in [1.165, 1.54) is 10.5 Å². The average Bonchev–Trinajstić information content (AvgIpc) is 2.98. The van der Waals surface area contributed by atoms with Gasteiger partial charge in [-0.05, 0) is 42.5 Å². The van der Waals surface area contributed by atoms with Crippen molar-refractivity contribution >= 4 is 17.4 Å². The molecular formula is C25H29NO4. The number of carbonyl (C=O) groups excluding carboxylic acids is 2. The van der Waals surface area contributed by atoms with Crippen LogP contribution in [0.4, 0.5) is 0 Å². The van der Waals surface area contributed by atoms with Gasteiger partial charge in [-0.1, -0.05) is 55.8 Å². The van der Waals surface area contributed by atoms with Gasteiger partial charge in [0.15, 0.2) is 0 Å². The first-order valence-electron chi connectivity index (χ1n) is 10.2. The van der Waals surface area contributed by atoms with E-state index in [1.807, 2.05) is 56.3 Å². The first-order chi connectivity index (χ1) is 14.3. The molecule has 5 nitrogen and oxygen atoms in total. The summed E-state index contributed by atoms with van der Waals surface area (Å²) in [6.07, 6.45) is 0. The van der Waals surface area contributed by atoms with Crippen LogP contribution in [0.25, 0.3) is 5.76 Å². The molecule has 1 heterocycles. The maximum Gasteiger partial charge on any atom is 0.295 e. The third-order valence-corrected chi connectivity index (χ3v) is 5.64. The van der Waals surface area contributed by atoms with Crippen molar-refractivity contribution in [2.75, 3.05) is 20.3 Å². The molecule has 2 aromatic rings. The smallest absolute Gasteiger partial charge is 0.295 e. The van der Waals surface area contributed by atoms with E-state index in [9.17, 15) is 14.7 Å². The fourth-order valence-corrected chi connectivity index (χ4v) is 3.85. The minimum absolute atomic E-state index is 0.127. The number of Topliss-reactive ketones (excluding diaryl/α,β-unsaturated/α-hetero) is 1. The third kappa shape index (κ3) is 4.03. The predicted octanol–water partition coefficient (Wildman–Crippen LogP) is 4.49. The summed E-state index contributed by atoms with van der Waals surface area (Å²) in [5, 5.41) is 11.2. The number of amides is 1. The van der Waals surface area contributed by atoms with Crippen molar-refractivity contribution in [1.29, 1.82) is 0 Å². The number of rotatable bonds is 6. The number of methoxy groups -OCH3 is 1. The molecule has 0 aromatic heterocycles. The average molecular weight is 408 g/mol. The molecule has 1 amide bonds. The molecule has 30 heavy (non-hydrogen) atoms. The molecule has 1 aliphatic heterocycles. The predicted molar refractivity (Wildman–Crippen MR) is 117 cm³/mol. The molecule has 0 spiro atoms. The van der Waals surface area contributed by atoms with Crippen LogP contribution in [0.3, 0.4) is 0 Å². The number of hydrogen-bond donors (Lipinski definition) is 1. The first-order valence-corrected chi connectivity index (χ1v) is 10.2. The highest BCUT2D eigenvalue weighted by molar-refractivity contribution is 6.46. The molecule has 0 bridgehead atoms. The molecule has 1 aliphatic rings. The Bertz CT molecular complexity index is 989. The minimum Gasteiger partial charge on any atom is -0.507 e. The van der Waals surface area contributed by atoms with Gasteiger partial charge in [0.25, 0.3) is 11.7 Å². The van der Waals surface area contributed by atoms with Gasteiger partial charge in [0.1, 0.15) is 5.76 Å². The number of hydrogen-bond acceptors (Lipinski definition) is 4. The summed E-state index contributed by atoms with van der Waals surface area (Å²) < 4.78 is 5.15. The zero-order chi connectivity index (χ0) is 22.0. The van der Waals surface area contributed by atoms with Crippen molar-refractivity contribution in [3.63, 3.8) is 0 Å². The summed E-state index contributed by atoms with van der Waals surface area (Å²) in [5.74, 6) is -1.04. The summed E-state index contributed by atoms with van der Waals surface area (Å²) in [6.45, 7) is 8.59. The Hall–Kier alpha value is -2.92. The van der Waals surface area contributed by atoms with Crippen molar-refractivity contribution in [2.24, 2.45) is 0 Å². The molecule has 3 rings (SSSR count). The number of aliphatic hydroxyl groups excluding tert-OH is 1. The number of nitrogens with zero attached hydrogens (tertiary/aromatic N) is 1. The van der Waals surface area contributed by atoms with E-state index in [2.05, 4.69) is 13.8 Å². The van der Waals surface area contributed by atoms with E-state index in [4.69, 9.17) is 4.74 Å². The van der Waals surface area contributed by atoms with Crippen LogP contribution in [-0.4, -0.2) is 42.0 Å². The second-order valence-corrected chi connectivity index (χ2v) is 8.13. The number of likely N-dealkylation sites (tertiary alicyclic amines) is 1. The lowest BCUT2D eigenvalue weighted by molar-refractivity contribution is -0.140. The topological polar surface area (TPSA) is 66.8 Å². The Labute approximate surface area is 178 Å². The quantitative estimate of drug-likeness (QED) is 0.435. The molecule has 0 saturated carbocycles. The van der Waals surface area contributed by atoms with Crippen LogP contribution in [-0.2, 0) is 14.3 Å². The zero-order valence-corrected chi connectivity index (χ0v) is 18.2. The summed E-state index contributed by atoms with van der Waals surface area (Å²) in [4.78, 5) is 27.3. The fourth-order valence-electron chi connectivity index (χ4n) is 3.85. The molecule has 1 fully saturated rings. The van der Waals surface area contributed by atoms with Crippen molar-refractivity contribution in [3.05, 3.63) is 75.9 Å². The van der Waals surface area contributed by atoms with Crippen LogP contribution in [0.5, 0.6) is 0 Å². The third-order valence-electron chi connectivity index (χ3n) is 5.64. The van der Waals surface area contributed by atoms with Crippen LogP contribution in [0.2, 0.25) is 0 Å². The molecule has 1 atom stereocenters. The van der Waals surface area contributed by atoms with E-state index < -0.39 is 17.7 Å². The standard InChI is InChI=1S/C25H29NO4/c1-15(2)18-8-10-19(11-9-18)22-21(24(28)25(29)26(22)12-13-30-5)23(27)20-14-16(3)6-7-17(20)4/h6-11,14-15,22,27H,12-13H2,1-5H3. The van der Waals surface area contributed by atoms with Crippen LogP contribution < -0.4 is 0 Å². The summed E-state index contributed by atoms with van der Waals surface area (Å²) >= 11 is 0. The van der Waals surface area contributed by atoms with Crippen molar-refractivity contribution in [3.8, 4) is 0 Å². The highest BCUT2D eigenvalue weighted by atomic mass is 16.5. The Morgan fingerprint density at radius 2 is 1.77 bits per heavy atom. The van der Waals surface area contributed by atoms with E-state index >= 15 is 0 Å². The molecule has 1 N–H and O–H groups in total. The van der Waals surface area contributed by atoms with Crippen LogP contribution in [0.1, 0.15) is 53.6 Å². The molecule has 0 aliphatic carbocycles. The van der Waals surface area contributed by atoms with Gasteiger partial charge < -0.3 is 14.7 Å². The van der Waals surface area contributed by atoms with E-state index in [-0.39, 0.29) is 17.9 Å². The maximum absolute atomic E-state index is 13.0. The second kappa shape index (κ2) is 8.84. The van der Waals surface area contributed by atoms with Gasteiger partial charge in [-0.15, -0.1) is 0 Å². The molecule has 158 valence electrons. The van der Waals surface area contributed by atoms with Crippen molar-refractivity contribution in [1.82, 2.24) is 4.90 Å². The van der Waals surface area contributed by atoms with Crippen molar-refractivity contribution in [2.45, 2.75) is 39.7 Å². The highest BCUT2D eigenvalue weighted by Gasteiger charge is 2.46. The van der Waals surface area contributed by atoms with E-state index in [1.54, 1.807) is 7.11 Å². The maximum atomic E-state index is 13.0. The van der Waals surface area contributed by atoms with E-state index in [0.29, 0.717) is 18.1 Å². The zero-order valence-electron chi connectivity index (χ0n) is 18.2. The fraction of sp³-hybridized carbons (Fsp3) is 0.360. The summed E-state index contributed by atoms with van der Waals surface area (Å²) in [7, 11) is 1.55. The van der Waals surface area contributed by atoms with Gasteiger partial charge >= 0.3 is 0 Å². The lowest BCUT2D eigenvalue weighted by atomic mass is 9.92. The van der Waals surface area contributed by atoms with Gasteiger partial charge in [0.2, 0.25) is 0 Å². The number of aliphatic hydroxyl groups is 1. The Kier molecular flexibility index (Phi) is 6.42. The number of ketones is 1. The summed E-state index contributed by atoms with van der Waals surface area (Å²) in [5.41, 5.74) is 4.47. The van der Waals surface area contributed by atoms with Crippen molar-refractivity contribution < 1.29 is 19.4 Å². The van der Waals surface area contributed by atoms with Crippen LogP contribution in [0.15, 0.2) is 48.0 Å². The highest BCUT2D eigenvalue weighted by Crippen LogP contribution is 2.40. The second-order valence-electron chi connectivity index (χ2n) is 8.13.